The van der Waals surface area contributed by atoms with Gasteiger partial charge >= 0.3 is 6.09 Å². The first kappa shape index (κ1) is 22.6. The van der Waals surface area contributed by atoms with Crippen LogP contribution in [0, 0.1) is 5.82 Å². The van der Waals surface area contributed by atoms with Crippen LogP contribution in [-0.2, 0) is 22.6 Å². The number of anilines is 2. The molecule has 2 amide bonds. The van der Waals surface area contributed by atoms with Gasteiger partial charge in [-0.3, -0.25) is 9.69 Å². The molecule has 1 aliphatic heterocycles. The number of ether oxygens (including phenoxy) is 1. The Morgan fingerprint density at radius 1 is 1.30 bits per heavy atom. The summed E-state index contributed by atoms with van der Waals surface area (Å²) in [6, 6.07) is 12.1. The molecule has 1 aliphatic rings. The number of nitrogens with one attached hydrogen (secondary N) is 2. The molecule has 1 fully saturated rings. The molecule has 1 atom stereocenters. The van der Waals surface area contributed by atoms with Gasteiger partial charge in [0.1, 0.15) is 16.9 Å². The van der Waals surface area contributed by atoms with Crippen molar-refractivity contribution in [3.8, 4) is 11.1 Å². The van der Waals surface area contributed by atoms with Gasteiger partial charge in [0.05, 0.1) is 18.8 Å². The molecule has 4 N–H and O–H groups in total. The highest BCUT2D eigenvalue weighted by atomic mass is 32.1. The second-order valence-corrected chi connectivity index (χ2v) is 8.32. The first-order valence-corrected chi connectivity index (χ1v) is 11.1. The number of nitrogens with two attached hydrogens (primary N) is 1. The lowest BCUT2D eigenvalue weighted by Crippen LogP contribution is -2.33. The summed E-state index contributed by atoms with van der Waals surface area (Å²) in [6.45, 7) is 2.72. The van der Waals surface area contributed by atoms with Crippen molar-refractivity contribution in [1.29, 1.82) is 0 Å². The molecule has 172 valence electrons. The highest BCUT2D eigenvalue weighted by Gasteiger charge is 2.32. The van der Waals surface area contributed by atoms with E-state index in [0.29, 0.717) is 35.9 Å². The van der Waals surface area contributed by atoms with Gasteiger partial charge in [0.2, 0.25) is 11.9 Å². The summed E-state index contributed by atoms with van der Waals surface area (Å²) in [5, 5.41) is 6.51. The number of carbonyl (C=O) groups excluding carboxylic acids is 2. The van der Waals surface area contributed by atoms with Gasteiger partial charge in [0, 0.05) is 25.6 Å². The van der Waals surface area contributed by atoms with Gasteiger partial charge in [-0.15, -0.1) is 0 Å². The number of cyclic esters (lactones) is 1. The summed E-state index contributed by atoms with van der Waals surface area (Å²) >= 11 is 1.26. The van der Waals surface area contributed by atoms with E-state index in [1.807, 2.05) is 24.3 Å². The molecule has 11 heteroatoms. The molecule has 0 spiro atoms. The van der Waals surface area contributed by atoms with Crippen molar-refractivity contribution in [2.24, 2.45) is 5.73 Å². The number of amides is 2. The summed E-state index contributed by atoms with van der Waals surface area (Å²) in [6.07, 6.45) is -1.05. The third kappa shape index (κ3) is 5.44. The van der Waals surface area contributed by atoms with Gasteiger partial charge in [-0.1, -0.05) is 24.3 Å². The minimum Gasteiger partial charge on any atom is -0.442 e. The van der Waals surface area contributed by atoms with Crippen molar-refractivity contribution in [2.75, 3.05) is 23.3 Å². The van der Waals surface area contributed by atoms with Crippen LogP contribution in [0.15, 0.2) is 42.5 Å². The van der Waals surface area contributed by atoms with E-state index in [-0.39, 0.29) is 19.0 Å². The zero-order valence-corrected chi connectivity index (χ0v) is 18.7. The van der Waals surface area contributed by atoms with Gasteiger partial charge < -0.3 is 21.1 Å². The van der Waals surface area contributed by atoms with Gasteiger partial charge in [0.25, 0.3) is 0 Å². The van der Waals surface area contributed by atoms with E-state index in [1.165, 1.54) is 29.4 Å². The molecule has 3 aromatic rings. The van der Waals surface area contributed by atoms with Crippen molar-refractivity contribution >= 4 is 35.2 Å². The van der Waals surface area contributed by atoms with Crippen molar-refractivity contribution in [3.05, 3.63) is 58.9 Å². The highest BCUT2D eigenvalue weighted by Crippen LogP contribution is 2.29. The molecule has 2 heterocycles. The number of hydrogen-bond donors (Lipinski definition) is 3. The van der Waals surface area contributed by atoms with Crippen LogP contribution in [0.5, 0.6) is 0 Å². The quantitative estimate of drug-likeness (QED) is 0.463. The highest BCUT2D eigenvalue weighted by molar-refractivity contribution is 7.05. The van der Waals surface area contributed by atoms with Crippen molar-refractivity contribution in [3.63, 3.8) is 0 Å². The first-order valence-electron chi connectivity index (χ1n) is 10.3. The number of halogens is 1. The van der Waals surface area contributed by atoms with Gasteiger partial charge in [-0.25, -0.2) is 14.2 Å². The Kier molecular flexibility index (Phi) is 6.80. The van der Waals surface area contributed by atoms with Gasteiger partial charge in [0.15, 0.2) is 0 Å². The number of aromatic nitrogens is 2. The van der Waals surface area contributed by atoms with E-state index < -0.39 is 18.0 Å². The lowest BCUT2D eigenvalue weighted by Gasteiger charge is -2.15. The molecule has 4 rings (SSSR count). The van der Waals surface area contributed by atoms with E-state index >= 15 is 0 Å². The molecule has 1 unspecified atom stereocenters. The zero-order valence-electron chi connectivity index (χ0n) is 17.9. The van der Waals surface area contributed by atoms with Crippen LogP contribution >= 0.6 is 11.5 Å². The van der Waals surface area contributed by atoms with Crippen LogP contribution < -0.4 is 21.3 Å². The maximum atomic E-state index is 14.9. The fourth-order valence-corrected chi connectivity index (χ4v) is 3.89. The molecule has 0 bridgehead atoms. The van der Waals surface area contributed by atoms with Crippen LogP contribution in [0.25, 0.3) is 11.1 Å². The van der Waals surface area contributed by atoms with Crippen molar-refractivity contribution < 1.29 is 18.7 Å². The van der Waals surface area contributed by atoms with Gasteiger partial charge in [-0.2, -0.15) is 4.37 Å². The number of benzene rings is 2. The summed E-state index contributed by atoms with van der Waals surface area (Å²) in [4.78, 5) is 28.8. The van der Waals surface area contributed by atoms with Crippen LogP contribution in [0.4, 0.5) is 20.8 Å². The standard InChI is InChI=1S/C22H23FN6O3S/c1-13(30)25-11-17-12-29(22(31)32-17)16-6-7-18(19(23)8-16)15-4-2-14(3-5-15)10-26-21-27-20(9-24)33-28-21/h2-8,17H,9-12,24H2,1H3,(H,25,30)(H,26,28). The minimum atomic E-state index is -0.567. The average molecular weight is 471 g/mol. The Balaban J connectivity index is 1.40. The molecular formula is C22H23FN6O3S. The van der Waals surface area contributed by atoms with Crippen LogP contribution in [-0.4, -0.2) is 40.6 Å². The van der Waals surface area contributed by atoms with E-state index in [2.05, 4.69) is 20.0 Å². The minimum absolute atomic E-state index is 0.206. The topological polar surface area (TPSA) is 122 Å². The van der Waals surface area contributed by atoms with E-state index in [4.69, 9.17) is 10.5 Å². The smallest absolute Gasteiger partial charge is 0.414 e. The summed E-state index contributed by atoms with van der Waals surface area (Å²) < 4.78 is 24.3. The summed E-state index contributed by atoms with van der Waals surface area (Å²) in [5.74, 6) is -0.120. The number of hydrogen-bond acceptors (Lipinski definition) is 8. The number of rotatable bonds is 8. The van der Waals surface area contributed by atoms with Crippen LogP contribution in [0.1, 0.15) is 17.5 Å². The Hall–Kier alpha value is -3.57. The molecule has 0 aliphatic carbocycles. The van der Waals surface area contributed by atoms with Crippen molar-refractivity contribution in [2.45, 2.75) is 26.1 Å². The lowest BCUT2D eigenvalue weighted by molar-refractivity contribution is -0.119. The monoisotopic (exact) mass is 470 g/mol. The Morgan fingerprint density at radius 3 is 2.76 bits per heavy atom. The second kappa shape index (κ2) is 9.92. The zero-order chi connectivity index (χ0) is 23.4. The average Bonchev–Trinajstić information content (AvgIpc) is 3.43. The van der Waals surface area contributed by atoms with E-state index in [9.17, 15) is 14.0 Å². The molecule has 0 saturated carbocycles. The third-order valence-corrected chi connectivity index (χ3v) is 5.81. The molecular weight excluding hydrogens is 447 g/mol. The summed E-state index contributed by atoms with van der Waals surface area (Å²) in [7, 11) is 0. The first-order chi connectivity index (χ1) is 15.9. The number of carbonyl (C=O) groups is 2. The predicted octanol–water partition coefficient (Wildman–Crippen LogP) is 2.88. The molecule has 2 aromatic carbocycles. The number of nitrogens with zero attached hydrogens (tertiary/aromatic N) is 3. The van der Waals surface area contributed by atoms with E-state index in [0.717, 1.165) is 10.6 Å². The van der Waals surface area contributed by atoms with Crippen LogP contribution in [0.3, 0.4) is 0 Å². The van der Waals surface area contributed by atoms with Gasteiger partial charge in [-0.05, 0) is 40.9 Å². The second-order valence-electron chi connectivity index (χ2n) is 7.48. The molecule has 1 aromatic heterocycles. The molecule has 9 nitrogen and oxygen atoms in total. The maximum Gasteiger partial charge on any atom is 0.414 e. The molecule has 33 heavy (non-hydrogen) atoms. The largest absolute Gasteiger partial charge is 0.442 e. The predicted molar refractivity (Wildman–Crippen MR) is 123 cm³/mol. The SMILES string of the molecule is CC(=O)NCC1CN(c2ccc(-c3ccc(CNc4nsc(CN)n4)cc3)c(F)c2)C(=O)O1. The Labute approximate surface area is 193 Å². The Morgan fingerprint density at radius 2 is 2.09 bits per heavy atom. The normalized spacial score (nSPS) is 15.4. The summed E-state index contributed by atoms with van der Waals surface area (Å²) in [5.41, 5.74) is 8.08. The van der Waals surface area contributed by atoms with Crippen LogP contribution in [0.2, 0.25) is 0 Å². The maximum absolute atomic E-state index is 14.9. The van der Waals surface area contributed by atoms with Crippen molar-refractivity contribution in [1.82, 2.24) is 14.7 Å². The third-order valence-electron chi connectivity index (χ3n) is 5.08. The Bertz CT molecular complexity index is 1150. The molecule has 1 saturated heterocycles. The fourth-order valence-electron chi connectivity index (χ4n) is 3.40. The fraction of sp³-hybridized carbons (Fsp3) is 0.273. The lowest BCUT2D eigenvalue weighted by atomic mass is 10.0. The van der Waals surface area contributed by atoms with E-state index in [1.54, 1.807) is 12.1 Å². The molecule has 0 radical (unpaired) electrons.